The zero-order valence-corrected chi connectivity index (χ0v) is 16.8. The molecule has 0 saturated heterocycles. The highest BCUT2D eigenvalue weighted by molar-refractivity contribution is 8.00. The molecule has 140 valence electrons. The van der Waals surface area contributed by atoms with Crippen molar-refractivity contribution < 1.29 is 4.79 Å². The predicted molar refractivity (Wildman–Crippen MR) is 110 cm³/mol. The molecule has 0 aliphatic heterocycles. The Hall–Kier alpha value is -2.32. The molecule has 0 saturated carbocycles. The molecule has 3 rings (SSSR count). The fraction of sp³-hybridized carbons (Fsp3) is 0.409. The number of benzene rings is 1. The molecule has 0 bridgehead atoms. The quantitative estimate of drug-likeness (QED) is 0.763. The zero-order valence-electron chi connectivity index (χ0n) is 16.0. The lowest BCUT2D eigenvalue weighted by molar-refractivity contribution is -0.113. The molecule has 2 aromatic rings. The maximum absolute atomic E-state index is 12.4. The summed E-state index contributed by atoms with van der Waals surface area (Å²) in [7, 11) is 0. The van der Waals surface area contributed by atoms with Crippen molar-refractivity contribution in [1.82, 2.24) is 4.98 Å². The van der Waals surface area contributed by atoms with Gasteiger partial charge in [0.2, 0.25) is 5.91 Å². The first-order chi connectivity index (χ1) is 13.1. The molecule has 4 nitrogen and oxygen atoms in total. The Labute approximate surface area is 165 Å². The summed E-state index contributed by atoms with van der Waals surface area (Å²) in [6.07, 6.45) is 6.74. The molecule has 1 aromatic carbocycles. The number of aryl methyl sites for hydroxylation is 4. The van der Waals surface area contributed by atoms with Crippen LogP contribution < -0.4 is 5.32 Å². The van der Waals surface area contributed by atoms with E-state index < -0.39 is 0 Å². The minimum Gasteiger partial charge on any atom is -0.325 e. The van der Waals surface area contributed by atoms with E-state index in [4.69, 9.17) is 4.98 Å². The maximum atomic E-state index is 12.4. The fourth-order valence-corrected chi connectivity index (χ4v) is 4.21. The van der Waals surface area contributed by atoms with E-state index in [9.17, 15) is 10.1 Å². The highest BCUT2D eigenvalue weighted by Gasteiger charge is 2.15. The van der Waals surface area contributed by atoms with Crippen LogP contribution in [0, 0.1) is 25.2 Å². The molecule has 0 radical (unpaired) electrons. The second kappa shape index (κ2) is 9.05. The van der Waals surface area contributed by atoms with Crippen LogP contribution in [0.3, 0.4) is 0 Å². The van der Waals surface area contributed by atoms with Gasteiger partial charge in [-0.1, -0.05) is 42.3 Å². The van der Waals surface area contributed by atoms with Crippen molar-refractivity contribution in [3.8, 4) is 6.07 Å². The van der Waals surface area contributed by atoms with Gasteiger partial charge in [-0.3, -0.25) is 4.79 Å². The molecule has 1 aliphatic carbocycles. The van der Waals surface area contributed by atoms with Crippen LogP contribution >= 0.6 is 11.8 Å². The molecule has 1 amide bonds. The molecular weight excluding hydrogens is 354 g/mol. The van der Waals surface area contributed by atoms with E-state index in [1.54, 1.807) is 0 Å². The lowest BCUT2D eigenvalue weighted by atomic mass is 9.96. The number of anilines is 1. The fourth-order valence-electron chi connectivity index (χ4n) is 3.43. The summed E-state index contributed by atoms with van der Waals surface area (Å²) in [4.78, 5) is 17.1. The Morgan fingerprint density at radius 3 is 2.70 bits per heavy atom. The van der Waals surface area contributed by atoms with Crippen LogP contribution in [0.2, 0.25) is 0 Å². The lowest BCUT2D eigenvalue weighted by Gasteiger charge is -2.15. The number of pyridine rings is 1. The van der Waals surface area contributed by atoms with Crippen LogP contribution in [0.5, 0.6) is 0 Å². The second-order valence-electron chi connectivity index (χ2n) is 7.13. The number of thioether (sulfide) groups is 1. The molecule has 1 aliphatic rings. The average molecular weight is 380 g/mol. The molecule has 0 unspecified atom stereocenters. The number of rotatable bonds is 4. The van der Waals surface area contributed by atoms with Gasteiger partial charge in [0.25, 0.3) is 0 Å². The number of carbonyl (C=O) groups is 1. The average Bonchev–Trinajstić information content (AvgIpc) is 2.63. The van der Waals surface area contributed by atoms with Crippen molar-refractivity contribution >= 4 is 23.4 Å². The first kappa shape index (κ1) is 19.4. The number of nitrogens with zero attached hydrogens (tertiary/aromatic N) is 2. The molecular formula is C22H25N3OS. The Kier molecular flexibility index (Phi) is 6.52. The first-order valence-electron chi connectivity index (χ1n) is 9.49. The number of nitriles is 1. The third-order valence-electron chi connectivity index (χ3n) is 4.88. The number of hydrogen-bond donors (Lipinski definition) is 1. The summed E-state index contributed by atoms with van der Waals surface area (Å²) in [6.45, 7) is 4.02. The topological polar surface area (TPSA) is 65.8 Å². The van der Waals surface area contributed by atoms with E-state index in [-0.39, 0.29) is 11.7 Å². The van der Waals surface area contributed by atoms with Crippen LogP contribution in [0.25, 0.3) is 0 Å². The summed E-state index contributed by atoms with van der Waals surface area (Å²) in [5.41, 5.74) is 5.94. The summed E-state index contributed by atoms with van der Waals surface area (Å²) in [6, 6.07) is 10.2. The molecule has 0 fully saturated rings. The van der Waals surface area contributed by atoms with Crippen molar-refractivity contribution in [3.05, 3.63) is 52.2 Å². The van der Waals surface area contributed by atoms with Gasteiger partial charge >= 0.3 is 0 Å². The zero-order chi connectivity index (χ0) is 19.2. The molecule has 1 heterocycles. The van der Waals surface area contributed by atoms with Crippen LogP contribution in [0.1, 0.15) is 53.6 Å². The van der Waals surface area contributed by atoms with Crippen molar-refractivity contribution in [1.29, 1.82) is 5.26 Å². The summed E-state index contributed by atoms with van der Waals surface area (Å²) >= 11 is 1.35. The van der Waals surface area contributed by atoms with Gasteiger partial charge in [-0.15, -0.1) is 0 Å². The number of hydrogen-bond acceptors (Lipinski definition) is 4. The van der Waals surface area contributed by atoms with Gasteiger partial charge in [0, 0.05) is 11.4 Å². The molecule has 0 atom stereocenters. The Balaban J connectivity index is 1.70. The maximum Gasteiger partial charge on any atom is 0.234 e. The van der Waals surface area contributed by atoms with Crippen LogP contribution in [-0.2, 0) is 17.6 Å². The van der Waals surface area contributed by atoms with E-state index in [0.717, 1.165) is 42.6 Å². The Bertz CT molecular complexity index is 886. The number of amides is 1. The van der Waals surface area contributed by atoms with E-state index in [1.807, 2.05) is 38.1 Å². The predicted octanol–water partition coefficient (Wildman–Crippen LogP) is 4.96. The highest BCUT2D eigenvalue weighted by atomic mass is 32.2. The minimum atomic E-state index is -0.0793. The lowest BCUT2D eigenvalue weighted by Crippen LogP contribution is -2.15. The van der Waals surface area contributed by atoms with E-state index in [1.165, 1.54) is 35.7 Å². The molecule has 5 heteroatoms. The van der Waals surface area contributed by atoms with Gasteiger partial charge in [-0.2, -0.15) is 5.26 Å². The van der Waals surface area contributed by atoms with Crippen LogP contribution in [-0.4, -0.2) is 16.6 Å². The smallest absolute Gasteiger partial charge is 0.234 e. The van der Waals surface area contributed by atoms with E-state index in [0.29, 0.717) is 10.6 Å². The summed E-state index contributed by atoms with van der Waals surface area (Å²) in [5, 5.41) is 13.1. The molecule has 1 N–H and O–H groups in total. The minimum absolute atomic E-state index is 0.0793. The third kappa shape index (κ3) is 5.11. The number of nitrogens with one attached hydrogen (secondary N) is 1. The normalized spacial score (nSPS) is 13.8. The Morgan fingerprint density at radius 2 is 1.96 bits per heavy atom. The second-order valence-corrected chi connectivity index (χ2v) is 8.09. The number of carbonyl (C=O) groups excluding carboxylic acids is 1. The van der Waals surface area contributed by atoms with Gasteiger partial charge in [0.05, 0.1) is 11.3 Å². The first-order valence-corrected chi connectivity index (χ1v) is 10.5. The van der Waals surface area contributed by atoms with Gasteiger partial charge in [0.1, 0.15) is 11.1 Å². The third-order valence-corrected chi connectivity index (χ3v) is 5.87. The van der Waals surface area contributed by atoms with E-state index in [2.05, 4.69) is 11.4 Å². The SMILES string of the molecule is Cc1ccc(NC(=O)CSc2nc3c(cc2C#N)CCCCCC3)c(C)c1. The van der Waals surface area contributed by atoms with Crippen LogP contribution in [0.15, 0.2) is 29.3 Å². The molecule has 1 aromatic heterocycles. The van der Waals surface area contributed by atoms with E-state index >= 15 is 0 Å². The van der Waals surface area contributed by atoms with Gasteiger partial charge in [-0.05, 0) is 62.8 Å². The Morgan fingerprint density at radius 1 is 1.19 bits per heavy atom. The standard InChI is InChI=1S/C22H25N3OS/c1-15-9-10-19(16(2)11-15)24-21(26)14-27-22-18(13-23)12-17-7-5-3-4-6-8-20(17)25-22/h9-12H,3-8,14H2,1-2H3,(H,24,26). The summed E-state index contributed by atoms with van der Waals surface area (Å²) in [5.74, 6) is 0.165. The number of aromatic nitrogens is 1. The van der Waals surface area contributed by atoms with Crippen molar-refractivity contribution in [2.24, 2.45) is 0 Å². The van der Waals surface area contributed by atoms with Crippen LogP contribution in [0.4, 0.5) is 5.69 Å². The highest BCUT2D eigenvalue weighted by Crippen LogP contribution is 2.27. The van der Waals surface area contributed by atoms with Gasteiger partial charge in [-0.25, -0.2) is 4.98 Å². The molecule has 0 spiro atoms. The summed E-state index contributed by atoms with van der Waals surface area (Å²) < 4.78 is 0. The monoisotopic (exact) mass is 379 g/mol. The molecule has 27 heavy (non-hydrogen) atoms. The van der Waals surface area contributed by atoms with Gasteiger partial charge in [0.15, 0.2) is 0 Å². The van der Waals surface area contributed by atoms with Crippen molar-refractivity contribution in [2.75, 3.05) is 11.1 Å². The van der Waals surface area contributed by atoms with Crippen molar-refractivity contribution in [3.63, 3.8) is 0 Å². The number of fused-ring (bicyclic) bond motifs is 1. The van der Waals surface area contributed by atoms with Crippen molar-refractivity contribution in [2.45, 2.75) is 57.4 Å². The van der Waals surface area contributed by atoms with Gasteiger partial charge < -0.3 is 5.32 Å². The largest absolute Gasteiger partial charge is 0.325 e.